The van der Waals surface area contributed by atoms with Crippen molar-refractivity contribution in [3.05, 3.63) is 53.1 Å². The van der Waals surface area contributed by atoms with Gasteiger partial charge in [-0.15, -0.1) is 0 Å². The molecule has 2 aromatic carbocycles. The Balaban J connectivity index is 1.64. The number of carbonyl (C=O) groups excluding carboxylic acids is 1. The molecular weight excluding hydrogens is 384 g/mol. The van der Waals surface area contributed by atoms with Gasteiger partial charge in [-0.2, -0.15) is 11.8 Å². The van der Waals surface area contributed by atoms with Crippen molar-refractivity contribution in [2.75, 3.05) is 38.4 Å². The highest BCUT2D eigenvalue weighted by molar-refractivity contribution is 7.99. The molecule has 2 amide bonds. The Morgan fingerprint density at radius 1 is 1.15 bits per heavy atom. The van der Waals surface area contributed by atoms with Crippen LogP contribution < -0.4 is 14.8 Å². The number of nitrogens with one attached hydrogen (secondary N) is 1. The number of hydrogen-bond donors (Lipinski definition) is 1. The van der Waals surface area contributed by atoms with E-state index in [4.69, 9.17) is 21.1 Å². The highest BCUT2D eigenvalue weighted by Crippen LogP contribution is 2.38. The fraction of sp³-hybridized carbons (Fsp3) is 0.350. The summed E-state index contributed by atoms with van der Waals surface area (Å²) in [5, 5.41) is 4.04. The summed E-state index contributed by atoms with van der Waals surface area (Å²) in [5.74, 6) is 2.08. The van der Waals surface area contributed by atoms with Gasteiger partial charge in [0.1, 0.15) is 0 Å². The average molecular weight is 407 g/mol. The molecule has 0 aliphatic carbocycles. The van der Waals surface area contributed by atoms with Crippen molar-refractivity contribution in [3.8, 4) is 11.5 Å². The Morgan fingerprint density at radius 3 is 2.67 bits per heavy atom. The summed E-state index contributed by atoms with van der Waals surface area (Å²) < 4.78 is 10.5. The zero-order valence-corrected chi connectivity index (χ0v) is 17.0. The summed E-state index contributed by atoms with van der Waals surface area (Å²) >= 11 is 8.19. The molecule has 27 heavy (non-hydrogen) atoms. The monoisotopic (exact) mass is 406 g/mol. The maximum atomic E-state index is 12.7. The van der Waals surface area contributed by atoms with E-state index < -0.39 is 0 Å². The first-order chi connectivity index (χ1) is 13.1. The summed E-state index contributed by atoms with van der Waals surface area (Å²) in [7, 11) is 3.16. The molecule has 1 N–H and O–H groups in total. The first-order valence-electron chi connectivity index (χ1n) is 8.76. The van der Waals surface area contributed by atoms with Crippen LogP contribution in [0.4, 0.5) is 10.5 Å². The standard InChI is InChI=1S/C20H23ClN2O3S/c1-25-17-8-7-14(13-18(17)26-2)22-20(24)23-10-9-19(27-12-11-23)15-5-3-4-6-16(15)21/h3-8,13,19H,9-12H2,1-2H3,(H,22,24). The van der Waals surface area contributed by atoms with Crippen LogP contribution in [0.1, 0.15) is 17.2 Å². The molecule has 144 valence electrons. The molecule has 0 aromatic heterocycles. The summed E-state index contributed by atoms with van der Waals surface area (Å²) in [5.41, 5.74) is 1.82. The number of urea groups is 1. The number of ether oxygens (including phenoxy) is 2. The van der Waals surface area contributed by atoms with Crippen molar-refractivity contribution in [1.82, 2.24) is 4.90 Å². The van der Waals surface area contributed by atoms with E-state index in [2.05, 4.69) is 11.4 Å². The molecule has 0 spiro atoms. The Bertz CT molecular complexity index is 803. The van der Waals surface area contributed by atoms with Crippen LogP contribution in [0.5, 0.6) is 11.5 Å². The Labute approximate surface area is 169 Å². The lowest BCUT2D eigenvalue weighted by atomic mass is 10.1. The summed E-state index contributed by atoms with van der Waals surface area (Å²) in [4.78, 5) is 14.5. The lowest BCUT2D eigenvalue weighted by molar-refractivity contribution is 0.215. The van der Waals surface area contributed by atoms with Crippen molar-refractivity contribution in [3.63, 3.8) is 0 Å². The van der Waals surface area contributed by atoms with Crippen LogP contribution in [0.3, 0.4) is 0 Å². The van der Waals surface area contributed by atoms with Gasteiger partial charge in [0, 0.05) is 40.9 Å². The third-order valence-corrected chi connectivity index (χ3v) is 6.17. The van der Waals surface area contributed by atoms with Crippen molar-refractivity contribution in [2.45, 2.75) is 11.7 Å². The van der Waals surface area contributed by atoms with E-state index in [1.807, 2.05) is 34.9 Å². The van der Waals surface area contributed by atoms with Gasteiger partial charge in [0.05, 0.1) is 14.2 Å². The molecule has 1 aliphatic rings. The number of rotatable bonds is 4. The molecule has 0 saturated carbocycles. The maximum Gasteiger partial charge on any atom is 0.321 e. The lowest BCUT2D eigenvalue weighted by Crippen LogP contribution is -2.36. The minimum Gasteiger partial charge on any atom is -0.493 e. The van der Waals surface area contributed by atoms with Crippen molar-refractivity contribution >= 4 is 35.1 Å². The predicted molar refractivity (Wildman–Crippen MR) is 111 cm³/mol. The first kappa shape index (κ1) is 19.7. The zero-order chi connectivity index (χ0) is 19.2. The van der Waals surface area contributed by atoms with E-state index in [1.54, 1.807) is 32.4 Å². The van der Waals surface area contributed by atoms with Gasteiger partial charge in [-0.3, -0.25) is 0 Å². The van der Waals surface area contributed by atoms with Gasteiger partial charge < -0.3 is 19.7 Å². The Hall–Kier alpha value is -2.05. The van der Waals surface area contributed by atoms with E-state index >= 15 is 0 Å². The van der Waals surface area contributed by atoms with Crippen LogP contribution in [0, 0.1) is 0 Å². The number of hydrogen-bond acceptors (Lipinski definition) is 4. The quantitative estimate of drug-likeness (QED) is 0.770. The van der Waals surface area contributed by atoms with Gasteiger partial charge in [0.2, 0.25) is 0 Å². The fourth-order valence-electron chi connectivity index (χ4n) is 3.07. The predicted octanol–water partition coefficient (Wildman–Crippen LogP) is 5.07. The molecule has 3 rings (SSSR count). The smallest absolute Gasteiger partial charge is 0.321 e. The molecule has 1 atom stereocenters. The fourth-order valence-corrected chi connectivity index (χ4v) is 4.67. The van der Waals surface area contributed by atoms with E-state index in [0.29, 0.717) is 35.5 Å². The minimum atomic E-state index is -0.109. The SMILES string of the molecule is COc1ccc(NC(=O)N2CCSC(c3ccccc3Cl)CC2)cc1OC. The zero-order valence-electron chi connectivity index (χ0n) is 15.4. The summed E-state index contributed by atoms with van der Waals surface area (Å²) in [6.07, 6.45) is 0.869. The van der Waals surface area contributed by atoms with E-state index in [-0.39, 0.29) is 6.03 Å². The van der Waals surface area contributed by atoms with Crippen molar-refractivity contribution < 1.29 is 14.3 Å². The van der Waals surface area contributed by atoms with Crippen LogP contribution in [-0.4, -0.2) is 44.0 Å². The number of halogens is 1. The highest BCUT2D eigenvalue weighted by atomic mass is 35.5. The molecular formula is C20H23ClN2O3S. The van der Waals surface area contributed by atoms with Crippen LogP contribution in [0.15, 0.2) is 42.5 Å². The van der Waals surface area contributed by atoms with E-state index in [0.717, 1.165) is 22.8 Å². The molecule has 1 aliphatic heterocycles. The molecule has 1 heterocycles. The third-order valence-electron chi connectivity index (χ3n) is 4.52. The Morgan fingerprint density at radius 2 is 1.93 bits per heavy atom. The molecule has 7 heteroatoms. The number of methoxy groups -OCH3 is 2. The number of thioether (sulfide) groups is 1. The van der Waals surface area contributed by atoms with Gasteiger partial charge in [-0.05, 0) is 30.2 Å². The number of amides is 2. The molecule has 2 aromatic rings. The van der Waals surface area contributed by atoms with Crippen LogP contribution in [-0.2, 0) is 0 Å². The molecule has 0 radical (unpaired) electrons. The van der Waals surface area contributed by atoms with Crippen LogP contribution in [0.25, 0.3) is 0 Å². The normalized spacial score (nSPS) is 17.1. The summed E-state index contributed by atoms with van der Waals surface area (Å²) in [6, 6.07) is 13.2. The molecule has 0 bridgehead atoms. The van der Waals surface area contributed by atoms with Crippen molar-refractivity contribution in [2.24, 2.45) is 0 Å². The summed E-state index contributed by atoms with van der Waals surface area (Å²) in [6.45, 7) is 1.38. The number of nitrogens with zero attached hydrogens (tertiary/aromatic N) is 1. The Kier molecular flexibility index (Phi) is 6.74. The van der Waals surface area contributed by atoms with Gasteiger partial charge in [0.15, 0.2) is 11.5 Å². The largest absolute Gasteiger partial charge is 0.493 e. The van der Waals surface area contributed by atoms with E-state index in [9.17, 15) is 4.79 Å². The van der Waals surface area contributed by atoms with Crippen LogP contribution in [0.2, 0.25) is 5.02 Å². The second-order valence-corrected chi connectivity index (χ2v) is 7.87. The van der Waals surface area contributed by atoms with Crippen LogP contribution >= 0.6 is 23.4 Å². The van der Waals surface area contributed by atoms with Crippen molar-refractivity contribution in [1.29, 1.82) is 0 Å². The van der Waals surface area contributed by atoms with Gasteiger partial charge >= 0.3 is 6.03 Å². The average Bonchev–Trinajstić information content (AvgIpc) is 2.94. The lowest BCUT2D eigenvalue weighted by Gasteiger charge is -2.21. The van der Waals surface area contributed by atoms with E-state index in [1.165, 1.54) is 0 Å². The topological polar surface area (TPSA) is 50.8 Å². The molecule has 1 saturated heterocycles. The molecule has 1 fully saturated rings. The molecule has 1 unspecified atom stereocenters. The maximum absolute atomic E-state index is 12.7. The minimum absolute atomic E-state index is 0.109. The number of carbonyl (C=O) groups is 1. The van der Waals surface area contributed by atoms with Gasteiger partial charge in [0.25, 0.3) is 0 Å². The number of anilines is 1. The van der Waals surface area contributed by atoms with Gasteiger partial charge in [-0.1, -0.05) is 29.8 Å². The first-order valence-corrected chi connectivity index (χ1v) is 10.2. The third kappa shape index (κ3) is 4.82. The second kappa shape index (κ2) is 9.24. The molecule has 5 nitrogen and oxygen atoms in total. The van der Waals surface area contributed by atoms with Gasteiger partial charge in [-0.25, -0.2) is 4.79 Å². The number of benzene rings is 2. The second-order valence-electron chi connectivity index (χ2n) is 6.16. The highest BCUT2D eigenvalue weighted by Gasteiger charge is 2.23.